The number of aromatic amines is 2. The first-order valence-corrected chi connectivity index (χ1v) is 10.9. The summed E-state index contributed by atoms with van der Waals surface area (Å²) >= 11 is 0. The van der Waals surface area contributed by atoms with Gasteiger partial charge in [-0.3, -0.25) is 19.9 Å². The topological polar surface area (TPSA) is 90.6 Å². The predicted molar refractivity (Wildman–Crippen MR) is 95.7 cm³/mol. The van der Waals surface area contributed by atoms with Crippen LogP contribution in [0.4, 0.5) is 5.95 Å². The van der Waals surface area contributed by atoms with Crippen LogP contribution >= 0.6 is 0 Å². The minimum absolute atomic E-state index is 0.120. The molecule has 1 amide bonds. The summed E-state index contributed by atoms with van der Waals surface area (Å²) < 4.78 is 0. The van der Waals surface area contributed by atoms with Crippen molar-refractivity contribution in [2.24, 2.45) is 5.41 Å². The molecule has 0 aliphatic carbocycles. The molecule has 2 heterocycles. The molecule has 0 aliphatic rings. The number of H-pyrrole nitrogens is 2. The van der Waals surface area contributed by atoms with E-state index in [-0.39, 0.29) is 17.4 Å². The summed E-state index contributed by atoms with van der Waals surface area (Å²) in [7, 11) is -1.84. The van der Waals surface area contributed by atoms with Gasteiger partial charge in [0.15, 0.2) is 0 Å². The third-order valence-electron chi connectivity index (χ3n) is 3.47. The van der Waals surface area contributed by atoms with E-state index in [1.807, 2.05) is 0 Å². The lowest BCUT2D eigenvalue weighted by molar-refractivity contribution is -0.123. The fourth-order valence-corrected chi connectivity index (χ4v) is 4.18. The van der Waals surface area contributed by atoms with E-state index in [1.54, 1.807) is 20.8 Å². The molecule has 0 spiro atoms. The fourth-order valence-electron chi connectivity index (χ4n) is 2.31. The maximum Gasteiger partial charge on any atom is 0.261 e. The van der Waals surface area contributed by atoms with Crippen LogP contribution in [-0.2, 0) is 4.79 Å². The molecule has 0 atom stereocenters. The van der Waals surface area contributed by atoms with Gasteiger partial charge < -0.3 is 4.98 Å². The minimum atomic E-state index is -1.84. The molecule has 0 radical (unpaired) electrons. The van der Waals surface area contributed by atoms with Gasteiger partial charge in [-0.1, -0.05) is 46.3 Å². The number of fused-ring (bicyclic) bond motifs is 1. The number of hydrogen-bond acceptors (Lipinski definition) is 3. The molecular weight excluding hydrogens is 308 g/mol. The number of carbonyl (C=O) groups excluding carboxylic acids is 1. The first kappa shape index (κ1) is 17.0. The SMILES string of the molecule is C#Cc1[nH]c2nc(NC(=O)C(C)(C)C)[nH]c(=O)c2c1[Si](C)(C)C. The molecule has 0 fully saturated rings. The van der Waals surface area contributed by atoms with E-state index in [9.17, 15) is 9.59 Å². The second-order valence-corrected chi connectivity index (χ2v) is 12.6. The van der Waals surface area contributed by atoms with E-state index in [4.69, 9.17) is 6.42 Å². The summed E-state index contributed by atoms with van der Waals surface area (Å²) in [6, 6.07) is 0. The molecule has 3 N–H and O–H groups in total. The summed E-state index contributed by atoms with van der Waals surface area (Å²) in [4.78, 5) is 34.6. The molecule has 2 aromatic rings. The van der Waals surface area contributed by atoms with Crippen LogP contribution in [0.15, 0.2) is 4.79 Å². The van der Waals surface area contributed by atoms with Crippen molar-refractivity contribution in [3.63, 3.8) is 0 Å². The predicted octanol–water partition coefficient (Wildman–Crippen LogP) is 1.76. The highest BCUT2D eigenvalue weighted by Crippen LogP contribution is 2.17. The van der Waals surface area contributed by atoms with Crippen molar-refractivity contribution >= 4 is 36.1 Å². The monoisotopic (exact) mass is 330 g/mol. The van der Waals surface area contributed by atoms with Crippen LogP contribution in [0.3, 0.4) is 0 Å². The van der Waals surface area contributed by atoms with Gasteiger partial charge in [-0.25, -0.2) is 0 Å². The highest BCUT2D eigenvalue weighted by molar-refractivity contribution is 6.90. The number of terminal acetylenes is 1. The molecule has 0 saturated heterocycles. The molecule has 0 aromatic carbocycles. The van der Waals surface area contributed by atoms with Gasteiger partial charge in [0, 0.05) is 5.41 Å². The molecular formula is C16H22N4O2Si. The van der Waals surface area contributed by atoms with Crippen molar-refractivity contribution in [2.45, 2.75) is 40.4 Å². The Kier molecular flexibility index (Phi) is 3.99. The maximum atomic E-state index is 12.5. The zero-order valence-corrected chi connectivity index (χ0v) is 15.3. The Balaban J connectivity index is 2.64. The van der Waals surface area contributed by atoms with Crippen molar-refractivity contribution in [3.8, 4) is 12.3 Å². The number of aromatic nitrogens is 3. The standard InChI is InChI=1S/C16H22N4O2Si/c1-8-9-11(23(5,6)7)10-12(17-9)18-15(19-13(10)21)20-14(22)16(2,3)4/h1H,2-7H3,(H3,17,18,19,20,21,22). The number of hydrogen-bond donors (Lipinski definition) is 3. The van der Waals surface area contributed by atoms with Crippen LogP contribution in [-0.4, -0.2) is 28.9 Å². The lowest BCUT2D eigenvalue weighted by atomic mass is 9.96. The molecule has 2 aromatic heterocycles. The smallest absolute Gasteiger partial charge is 0.261 e. The highest BCUT2D eigenvalue weighted by Gasteiger charge is 2.28. The van der Waals surface area contributed by atoms with Crippen LogP contribution in [0.1, 0.15) is 26.5 Å². The molecule has 0 bridgehead atoms. The number of nitrogens with one attached hydrogen (secondary N) is 3. The minimum Gasteiger partial charge on any atom is -0.333 e. The van der Waals surface area contributed by atoms with Crippen LogP contribution in [0.25, 0.3) is 11.0 Å². The largest absolute Gasteiger partial charge is 0.333 e. The molecule has 6 nitrogen and oxygen atoms in total. The first-order chi connectivity index (χ1) is 10.4. The highest BCUT2D eigenvalue weighted by atomic mass is 28.3. The van der Waals surface area contributed by atoms with E-state index >= 15 is 0 Å². The van der Waals surface area contributed by atoms with Crippen molar-refractivity contribution in [1.29, 1.82) is 0 Å². The van der Waals surface area contributed by atoms with Crippen LogP contribution in [0.5, 0.6) is 0 Å². The van der Waals surface area contributed by atoms with Crippen molar-refractivity contribution in [3.05, 3.63) is 16.0 Å². The Hall–Kier alpha value is -2.33. The lowest BCUT2D eigenvalue weighted by Crippen LogP contribution is -2.41. The zero-order valence-electron chi connectivity index (χ0n) is 14.3. The second kappa shape index (κ2) is 5.39. The Labute approximate surface area is 136 Å². The molecule has 0 aliphatic heterocycles. The molecule has 0 unspecified atom stereocenters. The zero-order chi connectivity index (χ0) is 17.6. The Morgan fingerprint density at radius 3 is 2.35 bits per heavy atom. The van der Waals surface area contributed by atoms with Gasteiger partial charge in [-0.05, 0) is 5.19 Å². The Bertz CT molecular complexity index is 873. The first-order valence-electron chi connectivity index (χ1n) is 7.39. The maximum absolute atomic E-state index is 12.5. The van der Waals surface area contributed by atoms with Gasteiger partial charge in [0.05, 0.1) is 19.2 Å². The third-order valence-corrected chi connectivity index (χ3v) is 5.47. The van der Waals surface area contributed by atoms with Gasteiger partial charge in [-0.2, -0.15) is 4.98 Å². The Morgan fingerprint density at radius 2 is 1.87 bits per heavy atom. The quantitative estimate of drug-likeness (QED) is 0.579. The molecule has 2 rings (SSSR count). The number of nitrogens with zero attached hydrogens (tertiary/aromatic N) is 1. The number of anilines is 1. The lowest BCUT2D eigenvalue weighted by Gasteiger charge is -2.17. The van der Waals surface area contributed by atoms with E-state index in [2.05, 4.69) is 45.8 Å². The van der Waals surface area contributed by atoms with Gasteiger partial charge in [0.25, 0.3) is 5.56 Å². The molecule has 122 valence electrons. The number of rotatable bonds is 2. The van der Waals surface area contributed by atoms with Crippen LogP contribution in [0, 0.1) is 17.8 Å². The molecule has 23 heavy (non-hydrogen) atoms. The Morgan fingerprint density at radius 1 is 1.26 bits per heavy atom. The average molecular weight is 330 g/mol. The summed E-state index contributed by atoms with van der Waals surface area (Å²) in [5.74, 6) is 2.49. The average Bonchev–Trinajstić information content (AvgIpc) is 2.76. The van der Waals surface area contributed by atoms with Crippen molar-refractivity contribution in [2.75, 3.05) is 5.32 Å². The van der Waals surface area contributed by atoms with Crippen molar-refractivity contribution < 1.29 is 4.79 Å². The third kappa shape index (κ3) is 3.22. The van der Waals surface area contributed by atoms with E-state index < -0.39 is 13.5 Å². The molecule has 7 heteroatoms. The van der Waals surface area contributed by atoms with E-state index in [0.717, 1.165) is 5.19 Å². The summed E-state index contributed by atoms with van der Waals surface area (Å²) in [5, 5.41) is 4.01. The number of carbonyl (C=O) groups is 1. The normalized spacial score (nSPS) is 12.2. The van der Waals surface area contributed by atoms with Gasteiger partial charge in [0.2, 0.25) is 11.9 Å². The van der Waals surface area contributed by atoms with E-state index in [1.165, 1.54) is 0 Å². The van der Waals surface area contributed by atoms with Gasteiger partial charge >= 0.3 is 0 Å². The van der Waals surface area contributed by atoms with Crippen LogP contribution in [0.2, 0.25) is 19.6 Å². The fraction of sp³-hybridized carbons (Fsp3) is 0.438. The summed E-state index contributed by atoms with van der Waals surface area (Å²) in [6.45, 7) is 11.7. The number of amides is 1. The van der Waals surface area contributed by atoms with E-state index in [0.29, 0.717) is 16.7 Å². The summed E-state index contributed by atoms with van der Waals surface area (Å²) in [5.41, 5.74) is 0.116. The van der Waals surface area contributed by atoms with Gasteiger partial charge in [0.1, 0.15) is 5.65 Å². The van der Waals surface area contributed by atoms with Crippen LogP contribution < -0.4 is 16.1 Å². The molecule has 0 saturated carbocycles. The second-order valence-electron chi connectivity index (χ2n) is 7.61. The van der Waals surface area contributed by atoms with Crippen molar-refractivity contribution in [1.82, 2.24) is 15.0 Å². The van der Waals surface area contributed by atoms with Gasteiger partial charge in [-0.15, -0.1) is 6.42 Å². The summed E-state index contributed by atoms with van der Waals surface area (Å²) in [6.07, 6.45) is 5.57.